The maximum atomic E-state index is 12.6. The first kappa shape index (κ1) is 31.5. The van der Waals surface area contributed by atoms with Crippen LogP contribution in [0.25, 0.3) is 6.08 Å². The van der Waals surface area contributed by atoms with E-state index in [4.69, 9.17) is 14.2 Å². The number of carboxylic acids is 1. The fraction of sp³-hybridized carbons (Fsp3) is 0.344. The molecule has 0 radical (unpaired) electrons. The predicted octanol–water partition coefficient (Wildman–Crippen LogP) is 6.24. The quantitative estimate of drug-likeness (QED) is 0.110. The highest BCUT2D eigenvalue weighted by Gasteiger charge is 2.13. The van der Waals surface area contributed by atoms with Crippen LogP contribution in [0.4, 0.5) is 5.69 Å². The molecule has 0 heterocycles. The lowest BCUT2D eigenvalue weighted by atomic mass is 10.1. The lowest BCUT2D eigenvalue weighted by Gasteiger charge is -2.14. The van der Waals surface area contributed by atoms with Crippen LogP contribution >= 0.6 is 0 Å². The van der Waals surface area contributed by atoms with E-state index < -0.39 is 16.0 Å². The molecular formula is C32H39NO7S. The van der Waals surface area contributed by atoms with Crippen LogP contribution in [0.5, 0.6) is 11.5 Å². The van der Waals surface area contributed by atoms with E-state index in [0.29, 0.717) is 48.8 Å². The number of carboxylic acid groups (broad SMARTS) is 1. The molecule has 220 valence electrons. The van der Waals surface area contributed by atoms with Gasteiger partial charge in [-0.15, -0.1) is 0 Å². The number of carbonyl (C=O) groups is 1. The molecule has 3 rings (SSSR count). The molecule has 0 saturated carbocycles. The third-order valence-electron chi connectivity index (χ3n) is 6.15. The van der Waals surface area contributed by atoms with Gasteiger partial charge in [-0.3, -0.25) is 4.72 Å². The first-order valence-electron chi connectivity index (χ1n) is 13.8. The number of ether oxygens (including phenoxy) is 3. The summed E-state index contributed by atoms with van der Waals surface area (Å²) in [5.74, 6) is -0.181. The molecule has 0 unspecified atom stereocenters. The Morgan fingerprint density at radius 1 is 0.902 bits per heavy atom. The maximum absolute atomic E-state index is 12.6. The van der Waals surface area contributed by atoms with E-state index in [2.05, 4.69) is 11.6 Å². The molecule has 0 aliphatic heterocycles. The summed E-state index contributed by atoms with van der Waals surface area (Å²) in [6.07, 6.45) is 4.36. The van der Waals surface area contributed by atoms with Crippen molar-refractivity contribution in [2.24, 2.45) is 0 Å². The normalized spacial score (nSPS) is 11.6. The fourth-order valence-electron chi connectivity index (χ4n) is 4.01. The van der Waals surface area contributed by atoms with Crippen LogP contribution < -0.4 is 14.2 Å². The summed E-state index contributed by atoms with van der Waals surface area (Å²) in [4.78, 5) is 11.4. The number of unbranched alkanes of at least 4 members (excludes halogenated alkanes) is 1. The smallest absolute Gasteiger partial charge is 0.371 e. The number of hydrogen-bond donors (Lipinski definition) is 2. The first-order chi connectivity index (χ1) is 19.7. The van der Waals surface area contributed by atoms with Gasteiger partial charge in [-0.05, 0) is 73.7 Å². The third kappa shape index (κ3) is 10.8. The zero-order chi connectivity index (χ0) is 29.7. The van der Waals surface area contributed by atoms with Gasteiger partial charge in [-0.2, -0.15) is 0 Å². The zero-order valence-electron chi connectivity index (χ0n) is 23.9. The van der Waals surface area contributed by atoms with E-state index >= 15 is 0 Å². The van der Waals surface area contributed by atoms with Crippen molar-refractivity contribution in [3.05, 3.63) is 94.7 Å². The zero-order valence-corrected chi connectivity index (χ0v) is 24.7. The Hall–Kier alpha value is -3.98. The minimum Gasteiger partial charge on any atom is -0.490 e. The topological polar surface area (TPSA) is 111 Å². The van der Waals surface area contributed by atoms with Crippen molar-refractivity contribution in [2.75, 3.05) is 30.3 Å². The molecular weight excluding hydrogens is 542 g/mol. The SMILES string of the molecule is CCCCOc1cc(/C=C(/OCC)C(=O)O)ccc1OCCc1ccc(NS(=O)(=O)CCc2cccc(C)c2)cc1. The van der Waals surface area contributed by atoms with Crippen LogP contribution in [0.2, 0.25) is 0 Å². The second-order valence-electron chi connectivity index (χ2n) is 9.61. The molecule has 41 heavy (non-hydrogen) atoms. The van der Waals surface area contributed by atoms with Gasteiger partial charge < -0.3 is 19.3 Å². The highest BCUT2D eigenvalue weighted by atomic mass is 32.2. The monoisotopic (exact) mass is 581 g/mol. The van der Waals surface area contributed by atoms with Gasteiger partial charge in [0, 0.05) is 12.1 Å². The van der Waals surface area contributed by atoms with Crippen LogP contribution in [0.1, 0.15) is 48.9 Å². The molecule has 0 aromatic heterocycles. The molecule has 0 fully saturated rings. The van der Waals surface area contributed by atoms with Gasteiger partial charge in [0.05, 0.1) is 25.6 Å². The molecule has 9 heteroatoms. The number of anilines is 1. The highest BCUT2D eigenvalue weighted by Crippen LogP contribution is 2.30. The summed E-state index contributed by atoms with van der Waals surface area (Å²) in [5.41, 5.74) is 4.23. The van der Waals surface area contributed by atoms with Gasteiger partial charge >= 0.3 is 5.97 Å². The van der Waals surface area contributed by atoms with Crippen molar-refractivity contribution in [3.63, 3.8) is 0 Å². The first-order valence-corrected chi connectivity index (χ1v) is 15.5. The Morgan fingerprint density at radius 2 is 1.66 bits per heavy atom. The number of sulfonamides is 1. The maximum Gasteiger partial charge on any atom is 0.371 e. The third-order valence-corrected chi connectivity index (χ3v) is 7.44. The average molecular weight is 582 g/mol. The largest absolute Gasteiger partial charge is 0.490 e. The summed E-state index contributed by atoms with van der Waals surface area (Å²) in [5, 5.41) is 9.35. The minimum atomic E-state index is -3.48. The molecule has 0 aliphatic carbocycles. The summed E-state index contributed by atoms with van der Waals surface area (Å²) in [7, 11) is -3.48. The lowest BCUT2D eigenvalue weighted by molar-refractivity contribution is -0.136. The van der Waals surface area contributed by atoms with Crippen molar-refractivity contribution in [1.29, 1.82) is 0 Å². The number of benzene rings is 3. The van der Waals surface area contributed by atoms with E-state index in [1.165, 1.54) is 6.08 Å². The Labute approximate surface area is 243 Å². The van der Waals surface area contributed by atoms with E-state index in [9.17, 15) is 18.3 Å². The molecule has 3 aromatic rings. The van der Waals surface area contributed by atoms with Gasteiger partial charge in [0.1, 0.15) is 0 Å². The minimum absolute atomic E-state index is 0.00648. The Balaban J connectivity index is 1.58. The predicted molar refractivity (Wildman–Crippen MR) is 162 cm³/mol. The number of aryl methyl sites for hydroxylation is 2. The van der Waals surface area contributed by atoms with Crippen LogP contribution in [-0.4, -0.2) is 45.1 Å². The number of nitrogens with one attached hydrogen (secondary N) is 1. The standard InChI is InChI=1S/C32H39NO7S/c1-4-6-18-39-30-22-27(23-31(32(34)35)38-5-2)12-15-29(30)40-19-16-25-10-13-28(14-11-25)33-41(36,37)20-17-26-9-7-8-24(3)21-26/h7-15,21-23,33H,4-6,16-20H2,1-3H3,(H,34,35)/b31-23+. The van der Waals surface area contributed by atoms with Gasteiger partial charge in [0.15, 0.2) is 11.5 Å². The van der Waals surface area contributed by atoms with Crippen molar-refractivity contribution in [1.82, 2.24) is 0 Å². The summed E-state index contributed by atoms with van der Waals surface area (Å²) >= 11 is 0. The van der Waals surface area contributed by atoms with E-state index in [0.717, 1.165) is 29.5 Å². The van der Waals surface area contributed by atoms with E-state index in [1.807, 2.05) is 43.3 Å². The Kier molecular flexibility index (Phi) is 12.1. The second-order valence-corrected chi connectivity index (χ2v) is 11.5. The van der Waals surface area contributed by atoms with E-state index in [-0.39, 0.29) is 18.1 Å². The molecule has 0 amide bonds. The van der Waals surface area contributed by atoms with Crippen molar-refractivity contribution in [3.8, 4) is 11.5 Å². The van der Waals surface area contributed by atoms with Crippen LogP contribution in [-0.2, 0) is 32.4 Å². The molecule has 0 atom stereocenters. The number of aliphatic carboxylic acids is 1. The van der Waals surface area contributed by atoms with Crippen LogP contribution in [0.15, 0.2) is 72.5 Å². The van der Waals surface area contributed by atoms with Crippen molar-refractivity contribution >= 4 is 27.8 Å². The Morgan fingerprint density at radius 3 is 2.34 bits per heavy atom. The summed E-state index contributed by atoms with van der Waals surface area (Å²) in [6, 6.07) is 20.3. The van der Waals surface area contributed by atoms with E-state index in [1.54, 1.807) is 37.3 Å². The van der Waals surface area contributed by atoms with Gasteiger partial charge in [0.2, 0.25) is 15.8 Å². The number of rotatable bonds is 17. The number of hydrogen-bond acceptors (Lipinski definition) is 6. The molecule has 0 spiro atoms. The highest BCUT2D eigenvalue weighted by molar-refractivity contribution is 7.92. The molecule has 0 aliphatic rings. The van der Waals surface area contributed by atoms with Gasteiger partial charge in [-0.1, -0.05) is 61.4 Å². The van der Waals surface area contributed by atoms with Crippen LogP contribution in [0.3, 0.4) is 0 Å². The summed E-state index contributed by atoms with van der Waals surface area (Å²) < 4.78 is 44.9. The van der Waals surface area contributed by atoms with Crippen LogP contribution in [0, 0.1) is 6.92 Å². The summed E-state index contributed by atoms with van der Waals surface area (Å²) in [6.45, 7) is 6.93. The van der Waals surface area contributed by atoms with Crippen molar-refractivity contribution in [2.45, 2.75) is 46.5 Å². The average Bonchev–Trinajstić information content (AvgIpc) is 2.94. The fourth-order valence-corrected chi connectivity index (χ4v) is 5.12. The Bertz CT molecular complexity index is 1420. The lowest BCUT2D eigenvalue weighted by Crippen LogP contribution is -2.18. The molecule has 3 aromatic carbocycles. The molecule has 0 bridgehead atoms. The second kappa shape index (κ2) is 15.7. The van der Waals surface area contributed by atoms with Gasteiger partial charge in [-0.25, -0.2) is 13.2 Å². The van der Waals surface area contributed by atoms with Crippen molar-refractivity contribution < 1.29 is 32.5 Å². The van der Waals surface area contributed by atoms with Gasteiger partial charge in [0.25, 0.3) is 0 Å². The molecule has 2 N–H and O–H groups in total. The molecule has 8 nitrogen and oxygen atoms in total. The molecule has 0 saturated heterocycles.